The Morgan fingerprint density at radius 1 is 1.07 bits per heavy atom. The van der Waals surface area contributed by atoms with Gasteiger partial charge in [-0.05, 0) is 30.0 Å². The second kappa shape index (κ2) is 15.4. The van der Waals surface area contributed by atoms with Crippen LogP contribution in [0.4, 0.5) is 0 Å². The molecular formula is C26H43N2O10PS3. The first kappa shape index (κ1) is 37.3. The van der Waals surface area contributed by atoms with Crippen LogP contribution < -0.4 is 5.56 Å². The maximum Gasteiger partial charge on any atom is 0.474 e. The molecule has 0 aliphatic carbocycles. The fourth-order valence-corrected chi connectivity index (χ4v) is 7.39. The highest BCUT2D eigenvalue weighted by Gasteiger charge is 2.53. The zero-order valence-corrected chi connectivity index (χ0v) is 28.5. The summed E-state index contributed by atoms with van der Waals surface area (Å²) in [4.78, 5) is 38.4. The number of thioether (sulfide) groups is 2. The second-order valence-electron chi connectivity index (χ2n) is 12.5. The normalized spacial score (nSPS) is 23.3. The molecule has 12 nitrogen and oxygen atoms in total. The van der Waals surface area contributed by atoms with Gasteiger partial charge in [-0.25, -0.2) is 4.57 Å². The number of carbonyl (C=O) groups excluding carboxylic acids is 2. The molecule has 3 N–H and O–H groups in total. The Hall–Kier alpha value is -0.870. The first-order valence-electron chi connectivity index (χ1n) is 13.4. The van der Waals surface area contributed by atoms with Crippen molar-refractivity contribution in [3.8, 4) is 0 Å². The quantitative estimate of drug-likeness (QED) is 0.144. The molecule has 2 heterocycles. The summed E-state index contributed by atoms with van der Waals surface area (Å²) in [5.74, 6) is 0.405. The van der Waals surface area contributed by atoms with Gasteiger partial charge in [0.05, 0.1) is 19.8 Å². The summed E-state index contributed by atoms with van der Waals surface area (Å²) in [5.41, 5.74) is -2.64. The summed E-state index contributed by atoms with van der Waals surface area (Å²) in [6.45, 7) is 12.3. The van der Waals surface area contributed by atoms with Gasteiger partial charge in [0.15, 0.2) is 21.2 Å². The van der Waals surface area contributed by atoms with Crippen molar-refractivity contribution in [1.29, 1.82) is 0 Å². The molecule has 1 aliphatic rings. The van der Waals surface area contributed by atoms with Crippen LogP contribution in [0.5, 0.6) is 0 Å². The molecule has 1 saturated heterocycles. The predicted molar refractivity (Wildman–Crippen MR) is 165 cm³/mol. The van der Waals surface area contributed by atoms with E-state index in [4.69, 9.17) is 30.5 Å². The van der Waals surface area contributed by atoms with E-state index in [0.29, 0.717) is 12.8 Å². The average molecular weight is 671 g/mol. The predicted octanol–water partition coefficient (Wildman–Crippen LogP) is 4.47. The van der Waals surface area contributed by atoms with Crippen LogP contribution >= 0.6 is 43.6 Å². The summed E-state index contributed by atoms with van der Waals surface area (Å²) in [7, 11) is -4.25. The molecule has 0 aromatic carbocycles. The first-order chi connectivity index (χ1) is 19.2. The van der Waals surface area contributed by atoms with Crippen molar-refractivity contribution in [2.45, 2.75) is 85.3 Å². The molecule has 4 atom stereocenters. The molecule has 0 radical (unpaired) electrons. The number of carbonyl (C=O) groups is 2. The fourth-order valence-electron chi connectivity index (χ4n) is 3.84. The third-order valence-electron chi connectivity index (χ3n) is 5.80. The van der Waals surface area contributed by atoms with Crippen LogP contribution in [0.1, 0.15) is 67.5 Å². The number of hydrogen-bond acceptors (Lipinski definition) is 13. The van der Waals surface area contributed by atoms with Crippen molar-refractivity contribution in [1.82, 2.24) is 9.55 Å². The van der Waals surface area contributed by atoms with Crippen LogP contribution in [0.3, 0.4) is 0 Å². The lowest BCUT2D eigenvalue weighted by Crippen LogP contribution is -2.44. The van der Waals surface area contributed by atoms with Gasteiger partial charge in [-0.15, -0.1) is 0 Å². The van der Waals surface area contributed by atoms with Gasteiger partial charge in [-0.3, -0.25) is 37.5 Å². The molecule has 1 aliphatic heterocycles. The molecule has 16 heteroatoms. The molecule has 1 fully saturated rings. The molecule has 240 valence electrons. The van der Waals surface area contributed by atoms with Gasteiger partial charge < -0.3 is 14.9 Å². The highest BCUT2D eigenvalue weighted by molar-refractivity contribution is 8.13. The minimum Gasteiger partial charge on any atom is -0.387 e. The van der Waals surface area contributed by atoms with E-state index in [2.05, 4.69) is 4.98 Å². The largest absolute Gasteiger partial charge is 0.474 e. The fraction of sp³-hybridized carbons (Fsp3) is 0.769. The van der Waals surface area contributed by atoms with Gasteiger partial charge >= 0.3 is 7.82 Å². The Balaban J connectivity index is 2.05. The van der Waals surface area contributed by atoms with E-state index in [0.717, 1.165) is 23.5 Å². The average Bonchev–Trinajstić information content (AvgIpc) is 3.05. The summed E-state index contributed by atoms with van der Waals surface area (Å²) >= 11 is 7.25. The van der Waals surface area contributed by atoms with Crippen molar-refractivity contribution < 1.29 is 42.7 Å². The summed E-state index contributed by atoms with van der Waals surface area (Å²) in [5, 5.41) is 21.7. The van der Waals surface area contributed by atoms with E-state index < -0.39 is 44.0 Å². The van der Waals surface area contributed by atoms with E-state index >= 15 is 0 Å². The number of hydrogen-bond donors (Lipinski definition) is 3. The summed E-state index contributed by atoms with van der Waals surface area (Å²) in [6, 6.07) is 1.19. The smallest absolute Gasteiger partial charge is 0.387 e. The Kier molecular flexibility index (Phi) is 13.7. The molecule has 2 rings (SSSR count). The summed E-state index contributed by atoms with van der Waals surface area (Å²) in [6.07, 6.45) is -1.82. The summed E-state index contributed by atoms with van der Waals surface area (Å²) < 4.78 is 37.0. The van der Waals surface area contributed by atoms with Crippen molar-refractivity contribution in [2.75, 3.05) is 31.3 Å². The van der Waals surface area contributed by atoms with Gasteiger partial charge in [0.2, 0.25) is 0 Å². The topological polar surface area (TPSA) is 166 Å². The van der Waals surface area contributed by atoms with Crippen LogP contribution in [0.15, 0.2) is 17.1 Å². The van der Waals surface area contributed by atoms with E-state index in [-0.39, 0.29) is 50.6 Å². The number of phosphoric ester groups is 1. The van der Waals surface area contributed by atoms with Crippen LogP contribution in [-0.4, -0.2) is 79.1 Å². The van der Waals surface area contributed by atoms with Crippen LogP contribution in [0, 0.1) is 15.6 Å². The van der Waals surface area contributed by atoms with E-state index in [1.807, 2.05) is 41.5 Å². The van der Waals surface area contributed by atoms with Crippen LogP contribution in [0.2, 0.25) is 0 Å². The zero-order valence-electron chi connectivity index (χ0n) is 25.1. The third kappa shape index (κ3) is 12.3. The molecule has 0 bridgehead atoms. The number of phosphoric acid groups is 1. The number of aliphatic hydroxyl groups excluding tert-OH is 1. The molecule has 1 unspecified atom stereocenters. The Labute approximate surface area is 260 Å². The molecular weight excluding hydrogens is 627 g/mol. The van der Waals surface area contributed by atoms with Gasteiger partial charge in [0.1, 0.15) is 17.8 Å². The van der Waals surface area contributed by atoms with Gasteiger partial charge in [0, 0.05) is 36.6 Å². The van der Waals surface area contributed by atoms with Gasteiger partial charge in [-0.1, -0.05) is 65.1 Å². The highest BCUT2D eigenvalue weighted by Crippen LogP contribution is 2.51. The van der Waals surface area contributed by atoms with E-state index in [1.165, 1.54) is 23.8 Å². The standard InChI is InChI=1S/C26H43N2O10PS3/c1-24(2,3)14-19(30)41-12-10-35-39(34,36-11-13-42-20(31)15-25(4,5)6)37-16-17-21(32)26(7,33)22(38-17)28-9-8-18(29)27-23(28)40/h8-9,17,21-22,32-33H,10-16H2,1-7H3,(H,27,29,40)/t17-,21+,22-,26?/m1/s1. The lowest BCUT2D eigenvalue weighted by molar-refractivity contribution is -0.113. The maximum absolute atomic E-state index is 13.5. The Morgan fingerprint density at radius 3 is 2.02 bits per heavy atom. The number of aromatic amines is 1. The highest BCUT2D eigenvalue weighted by atomic mass is 32.2. The van der Waals surface area contributed by atoms with Gasteiger partial charge in [0.25, 0.3) is 5.56 Å². The molecule has 1 aromatic rings. The lowest BCUT2D eigenvalue weighted by atomic mass is 9.93. The Morgan fingerprint density at radius 2 is 1.57 bits per heavy atom. The third-order valence-corrected chi connectivity index (χ3v) is 9.25. The Bertz CT molecular complexity index is 1200. The monoisotopic (exact) mass is 670 g/mol. The van der Waals surface area contributed by atoms with Crippen molar-refractivity contribution in [2.24, 2.45) is 10.8 Å². The number of H-pyrrole nitrogens is 1. The maximum atomic E-state index is 13.5. The number of aromatic nitrogens is 2. The lowest BCUT2D eigenvalue weighted by Gasteiger charge is -2.28. The second-order valence-corrected chi connectivity index (χ2v) is 16.9. The van der Waals surface area contributed by atoms with E-state index in [9.17, 15) is 29.2 Å². The number of aliphatic hydroxyl groups is 2. The van der Waals surface area contributed by atoms with Crippen LogP contribution in [0.25, 0.3) is 0 Å². The first-order valence-corrected chi connectivity index (χ1v) is 17.3. The molecule has 42 heavy (non-hydrogen) atoms. The van der Waals surface area contributed by atoms with Crippen molar-refractivity contribution >= 4 is 53.8 Å². The SMILES string of the molecule is CC(C)(C)CC(=O)SCCOP(=O)(OCCSC(=O)CC(C)(C)C)OC[C@H]1O[C@@H](n2ccc(=O)[nH]c2=S)C(C)(O)[C@H]1O. The number of ether oxygens (including phenoxy) is 1. The molecule has 0 amide bonds. The van der Waals surface area contributed by atoms with E-state index in [1.54, 1.807) is 0 Å². The number of nitrogens with zero attached hydrogens (tertiary/aromatic N) is 1. The molecule has 1 aromatic heterocycles. The number of nitrogens with one attached hydrogen (secondary N) is 1. The van der Waals surface area contributed by atoms with Gasteiger partial charge in [-0.2, -0.15) is 0 Å². The van der Waals surface area contributed by atoms with Crippen molar-refractivity contribution in [3.63, 3.8) is 0 Å². The minimum atomic E-state index is -4.25. The molecule has 0 spiro atoms. The van der Waals surface area contributed by atoms with Crippen LogP contribution in [-0.2, 0) is 32.5 Å². The minimum absolute atomic E-state index is 0.0316. The molecule has 0 saturated carbocycles. The number of rotatable bonds is 14. The zero-order chi connectivity index (χ0) is 31.9. The van der Waals surface area contributed by atoms with Crippen molar-refractivity contribution in [3.05, 3.63) is 27.4 Å².